The molecular weight excluding hydrogens is 270 g/mol. The Balaban J connectivity index is 2.00. The number of nitro groups is 1. The fraction of sp³-hybridized carbons (Fsp3) is 0.133. The third kappa shape index (κ3) is 4.12. The molecule has 6 heteroatoms. The Hall–Kier alpha value is -2.73. The first-order valence-electron chi connectivity index (χ1n) is 6.41. The Labute approximate surface area is 121 Å². The van der Waals surface area contributed by atoms with Crippen LogP contribution in [-0.4, -0.2) is 16.9 Å². The molecule has 0 fully saturated rings. The van der Waals surface area contributed by atoms with Crippen LogP contribution in [0.25, 0.3) is 0 Å². The van der Waals surface area contributed by atoms with Gasteiger partial charge >= 0.3 is 0 Å². The highest BCUT2D eigenvalue weighted by atomic mass is 16.6. The van der Waals surface area contributed by atoms with Gasteiger partial charge in [-0.05, 0) is 18.1 Å². The van der Waals surface area contributed by atoms with Crippen LogP contribution in [0.2, 0.25) is 0 Å². The van der Waals surface area contributed by atoms with Crippen molar-refractivity contribution < 1.29 is 9.72 Å². The number of hydrogen-bond acceptors (Lipinski definition) is 4. The highest BCUT2D eigenvalue weighted by molar-refractivity contribution is 5.95. The molecule has 2 aromatic rings. The lowest BCUT2D eigenvalue weighted by Gasteiger charge is -2.12. The lowest BCUT2D eigenvalue weighted by atomic mass is 10.1. The molecule has 2 rings (SSSR count). The number of benzene rings is 2. The minimum absolute atomic E-state index is 0.0792. The Bertz CT molecular complexity index is 644. The van der Waals surface area contributed by atoms with Gasteiger partial charge in [0.05, 0.1) is 11.0 Å². The number of nitrogens with two attached hydrogens (primary N) is 1. The summed E-state index contributed by atoms with van der Waals surface area (Å²) in [6.07, 6.45) is 0.404. The van der Waals surface area contributed by atoms with Crippen molar-refractivity contribution in [2.45, 2.75) is 12.5 Å². The molecule has 0 radical (unpaired) electrons. The van der Waals surface area contributed by atoms with Gasteiger partial charge in [0.1, 0.15) is 0 Å². The second-order valence-corrected chi connectivity index (χ2v) is 4.59. The Kier molecular flexibility index (Phi) is 4.63. The topological polar surface area (TPSA) is 98.3 Å². The molecule has 0 heterocycles. The van der Waals surface area contributed by atoms with E-state index in [4.69, 9.17) is 5.73 Å². The molecular formula is C15H15N3O3. The van der Waals surface area contributed by atoms with Crippen LogP contribution in [0.15, 0.2) is 54.6 Å². The van der Waals surface area contributed by atoms with E-state index in [0.29, 0.717) is 12.1 Å². The van der Waals surface area contributed by atoms with Gasteiger partial charge in [0, 0.05) is 17.8 Å². The average molecular weight is 285 g/mol. The SMILES string of the molecule is NC(Cc1ccccc1)C(=O)Nc1cccc([N+](=O)[O-])c1. The zero-order chi connectivity index (χ0) is 15.2. The normalized spacial score (nSPS) is 11.7. The van der Waals surface area contributed by atoms with Crippen LogP contribution in [0.4, 0.5) is 11.4 Å². The number of nitrogens with one attached hydrogen (secondary N) is 1. The lowest BCUT2D eigenvalue weighted by Crippen LogP contribution is -2.37. The number of carbonyl (C=O) groups excluding carboxylic acids is 1. The summed E-state index contributed by atoms with van der Waals surface area (Å²) in [4.78, 5) is 22.2. The number of anilines is 1. The van der Waals surface area contributed by atoms with Gasteiger partial charge in [-0.25, -0.2) is 0 Å². The van der Waals surface area contributed by atoms with E-state index in [2.05, 4.69) is 5.32 Å². The number of carbonyl (C=O) groups is 1. The zero-order valence-corrected chi connectivity index (χ0v) is 11.2. The van der Waals surface area contributed by atoms with E-state index in [9.17, 15) is 14.9 Å². The number of rotatable bonds is 5. The summed E-state index contributed by atoms with van der Waals surface area (Å²) in [5.41, 5.74) is 7.09. The maximum atomic E-state index is 12.0. The fourth-order valence-electron chi connectivity index (χ4n) is 1.89. The molecule has 0 saturated carbocycles. The summed E-state index contributed by atoms with van der Waals surface area (Å²) in [5.74, 6) is -0.376. The molecule has 0 aliphatic rings. The largest absolute Gasteiger partial charge is 0.324 e. The molecule has 0 bridgehead atoms. The minimum atomic E-state index is -0.716. The number of hydrogen-bond donors (Lipinski definition) is 2. The summed E-state index contributed by atoms with van der Waals surface area (Å²) < 4.78 is 0. The zero-order valence-electron chi connectivity index (χ0n) is 11.2. The molecule has 0 spiro atoms. The van der Waals surface area contributed by atoms with Crippen LogP contribution < -0.4 is 11.1 Å². The highest BCUT2D eigenvalue weighted by Gasteiger charge is 2.15. The van der Waals surface area contributed by atoms with Crippen LogP contribution in [-0.2, 0) is 11.2 Å². The van der Waals surface area contributed by atoms with Crippen molar-refractivity contribution in [2.24, 2.45) is 5.73 Å². The molecule has 0 aromatic heterocycles. The average Bonchev–Trinajstić information content (AvgIpc) is 2.48. The van der Waals surface area contributed by atoms with E-state index in [-0.39, 0.29) is 11.6 Å². The van der Waals surface area contributed by atoms with Crippen molar-refractivity contribution in [1.82, 2.24) is 0 Å². The number of non-ortho nitro benzene ring substituents is 1. The predicted molar refractivity (Wildman–Crippen MR) is 79.8 cm³/mol. The van der Waals surface area contributed by atoms with Gasteiger partial charge < -0.3 is 11.1 Å². The third-order valence-corrected chi connectivity index (χ3v) is 2.96. The van der Waals surface area contributed by atoms with Crippen molar-refractivity contribution in [2.75, 3.05) is 5.32 Å². The van der Waals surface area contributed by atoms with Crippen molar-refractivity contribution >= 4 is 17.3 Å². The van der Waals surface area contributed by atoms with Crippen LogP contribution in [0, 0.1) is 10.1 Å². The molecule has 1 amide bonds. The van der Waals surface area contributed by atoms with Crippen LogP contribution in [0.5, 0.6) is 0 Å². The summed E-state index contributed by atoms with van der Waals surface area (Å²) in [5, 5.41) is 13.3. The number of nitro benzene ring substituents is 1. The number of nitrogens with zero attached hydrogens (tertiary/aromatic N) is 1. The van der Waals surface area contributed by atoms with Crippen molar-refractivity contribution in [1.29, 1.82) is 0 Å². The Morgan fingerprint density at radius 2 is 1.90 bits per heavy atom. The maximum absolute atomic E-state index is 12.0. The maximum Gasteiger partial charge on any atom is 0.271 e. The van der Waals surface area contributed by atoms with Gasteiger partial charge in [0.2, 0.25) is 5.91 Å². The van der Waals surface area contributed by atoms with E-state index >= 15 is 0 Å². The second-order valence-electron chi connectivity index (χ2n) is 4.59. The quantitative estimate of drug-likeness (QED) is 0.649. The molecule has 2 aromatic carbocycles. The smallest absolute Gasteiger partial charge is 0.271 e. The van der Waals surface area contributed by atoms with Crippen LogP contribution >= 0.6 is 0 Å². The van der Waals surface area contributed by atoms with Gasteiger partial charge in [0.25, 0.3) is 5.69 Å². The molecule has 3 N–H and O–H groups in total. The second kappa shape index (κ2) is 6.62. The minimum Gasteiger partial charge on any atom is -0.324 e. The molecule has 0 aliphatic carbocycles. The highest BCUT2D eigenvalue weighted by Crippen LogP contribution is 2.17. The standard InChI is InChI=1S/C15H15N3O3/c16-14(9-11-5-2-1-3-6-11)15(19)17-12-7-4-8-13(10-12)18(20)21/h1-8,10,14H,9,16H2,(H,17,19). The van der Waals surface area contributed by atoms with E-state index in [1.165, 1.54) is 18.2 Å². The first-order valence-corrected chi connectivity index (χ1v) is 6.41. The monoisotopic (exact) mass is 285 g/mol. The van der Waals surface area contributed by atoms with Gasteiger partial charge in [0.15, 0.2) is 0 Å². The molecule has 1 atom stereocenters. The van der Waals surface area contributed by atoms with Crippen molar-refractivity contribution in [3.8, 4) is 0 Å². The van der Waals surface area contributed by atoms with Crippen molar-refractivity contribution in [3.63, 3.8) is 0 Å². The molecule has 0 aliphatic heterocycles. The molecule has 6 nitrogen and oxygen atoms in total. The first-order chi connectivity index (χ1) is 10.1. The Morgan fingerprint density at radius 1 is 1.19 bits per heavy atom. The van der Waals surface area contributed by atoms with Gasteiger partial charge in [-0.2, -0.15) is 0 Å². The number of amides is 1. The predicted octanol–water partition coefficient (Wildman–Crippen LogP) is 2.10. The van der Waals surface area contributed by atoms with E-state index in [1.807, 2.05) is 30.3 Å². The Morgan fingerprint density at radius 3 is 2.57 bits per heavy atom. The van der Waals surface area contributed by atoms with Gasteiger partial charge in [-0.15, -0.1) is 0 Å². The molecule has 1 unspecified atom stereocenters. The summed E-state index contributed by atoms with van der Waals surface area (Å²) in [6.45, 7) is 0. The van der Waals surface area contributed by atoms with Crippen LogP contribution in [0.1, 0.15) is 5.56 Å². The summed E-state index contributed by atoms with van der Waals surface area (Å²) in [7, 11) is 0. The van der Waals surface area contributed by atoms with E-state index in [0.717, 1.165) is 5.56 Å². The third-order valence-electron chi connectivity index (χ3n) is 2.96. The van der Waals surface area contributed by atoms with Crippen molar-refractivity contribution in [3.05, 3.63) is 70.3 Å². The van der Waals surface area contributed by atoms with Crippen LogP contribution in [0.3, 0.4) is 0 Å². The van der Waals surface area contributed by atoms with E-state index in [1.54, 1.807) is 6.07 Å². The summed E-state index contributed by atoms with van der Waals surface area (Å²) in [6, 6.07) is 14.5. The molecule has 108 valence electrons. The fourth-order valence-corrected chi connectivity index (χ4v) is 1.89. The van der Waals surface area contributed by atoms with Gasteiger partial charge in [-0.1, -0.05) is 36.4 Å². The first kappa shape index (κ1) is 14.7. The van der Waals surface area contributed by atoms with Gasteiger partial charge in [-0.3, -0.25) is 14.9 Å². The molecule has 0 saturated heterocycles. The summed E-state index contributed by atoms with van der Waals surface area (Å²) >= 11 is 0. The molecule has 21 heavy (non-hydrogen) atoms. The lowest BCUT2D eigenvalue weighted by molar-refractivity contribution is -0.384. The van der Waals surface area contributed by atoms with E-state index < -0.39 is 11.0 Å².